The third-order valence-corrected chi connectivity index (χ3v) is 2.76. The molecule has 7 heteroatoms. The molecule has 0 amide bonds. The molecule has 0 fully saturated rings. The van der Waals surface area contributed by atoms with Crippen molar-refractivity contribution >= 4 is 0 Å². The van der Waals surface area contributed by atoms with Crippen molar-refractivity contribution in [2.75, 3.05) is 14.2 Å². The minimum atomic E-state index is 0.154. The van der Waals surface area contributed by atoms with Gasteiger partial charge in [-0.15, -0.1) is 4.98 Å². The van der Waals surface area contributed by atoms with Crippen molar-refractivity contribution in [3.05, 3.63) is 36.4 Å². The largest absolute Gasteiger partial charge is 0.467 e. The van der Waals surface area contributed by atoms with Crippen LogP contribution < -0.4 is 9.47 Å². The van der Waals surface area contributed by atoms with Crippen LogP contribution in [-0.4, -0.2) is 34.3 Å². The minimum Gasteiger partial charge on any atom is -0.467 e. The number of hydrogen-bond acceptors (Lipinski definition) is 7. The van der Waals surface area contributed by atoms with Crippen LogP contribution in [0.3, 0.4) is 0 Å². The predicted molar refractivity (Wildman–Crippen MR) is 73.9 cm³/mol. The third kappa shape index (κ3) is 2.66. The quantitative estimate of drug-likeness (QED) is 0.726. The van der Waals surface area contributed by atoms with Gasteiger partial charge in [-0.1, -0.05) is 35.5 Å². The molecule has 0 bridgehead atoms. The van der Waals surface area contributed by atoms with Gasteiger partial charge in [0.1, 0.15) is 0 Å². The molecule has 0 saturated carbocycles. The van der Waals surface area contributed by atoms with Crippen molar-refractivity contribution in [2.45, 2.75) is 0 Å². The zero-order chi connectivity index (χ0) is 14.7. The lowest BCUT2D eigenvalue weighted by Crippen LogP contribution is -2.00. The van der Waals surface area contributed by atoms with E-state index in [4.69, 9.17) is 14.0 Å². The van der Waals surface area contributed by atoms with Crippen LogP contribution in [0.5, 0.6) is 12.0 Å². The van der Waals surface area contributed by atoms with E-state index in [9.17, 15) is 0 Å². The Balaban J connectivity index is 2.00. The molecule has 3 aromatic rings. The molecule has 1 aromatic carbocycles. The van der Waals surface area contributed by atoms with E-state index in [0.717, 1.165) is 5.56 Å². The number of nitrogens with zero attached hydrogens (tertiary/aromatic N) is 4. The third-order valence-electron chi connectivity index (χ3n) is 2.76. The number of benzene rings is 1. The fourth-order valence-electron chi connectivity index (χ4n) is 1.75. The molecule has 0 aliphatic carbocycles. The van der Waals surface area contributed by atoms with Gasteiger partial charge in [0, 0.05) is 11.6 Å². The second kappa shape index (κ2) is 5.58. The van der Waals surface area contributed by atoms with Crippen LogP contribution in [0.25, 0.3) is 22.8 Å². The van der Waals surface area contributed by atoms with Crippen LogP contribution >= 0.6 is 0 Å². The van der Waals surface area contributed by atoms with Crippen molar-refractivity contribution in [3.8, 4) is 34.9 Å². The number of rotatable bonds is 4. The molecule has 2 heterocycles. The lowest BCUT2D eigenvalue weighted by atomic mass is 10.1. The van der Waals surface area contributed by atoms with E-state index in [-0.39, 0.29) is 12.0 Å². The molecule has 0 unspecified atom stereocenters. The molecule has 0 saturated heterocycles. The van der Waals surface area contributed by atoms with E-state index in [1.807, 2.05) is 30.3 Å². The highest BCUT2D eigenvalue weighted by atomic mass is 16.5. The second-order valence-electron chi connectivity index (χ2n) is 4.07. The van der Waals surface area contributed by atoms with Gasteiger partial charge in [0.25, 0.3) is 0 Å². The predicted octanol–water partition coefficient (Wildman–Crippen LogP) is 2.21. The number of aromatic nitrogens is 4. The molecule has 0 aliphatic heterocycles. The van der Waals surface area contributed by atoms with Crippen molar-refractivity contribution in [3.63, 3.8) is 0 Å². The molecule has 106 valence electrons. The summed E-state index contributed by atoms with van der Waals surface area (Å²) in [4.78, 5) is 12.2. The molecule has 3 rings (SSSR count). The van der Waals surface area contributed by atoms with Gasteiger partial charge in [0.2, 0.25) is 0 Å². The topological polar surface area (TPSA) is 83.2 Å². The SMILES string of the molecule is COc1nc(OC)nc(-c2cc(-c3ccccc3)on2)n1. The van der Waals surface area contributed by atoms with E-state index in [0.29, 0.717) is 17.3 Å². The van der Waals surface area contributed by atoms with Gasteiger partial charge in [-0.05, 0) is 0 Å². The van der Waals surface area contributed by atoms with Crippen LogP contribution in [-0.2, 0) is 0 Å². The normalized spacial score (nSPS) is 10.4. The monoisotopic (exact) mass is 284 g/mol. The Kier molecular flexibility index (Phi) is 3.46. The Morgan fingerprint density at radius 1 is 0.905 bits per heavy atom. The maximum absolute atomic E-state index is 5.32. The summed E-state index contributed by atoms with van der Waals surface area (Å²) in [5.41, 5.74) is 1.40. The Labute approximate surface area is 120 Å². The molecule has 7 nitrogen and oxygen atoms in total. The van der Waals surface area contributed by atoms with E-state index in [2.05, 4.69) is 20.1 Å². The summed E-state index contributed by atoms with van der Waals surface area (Å²) < 4.78 is 15.3. The van der Waals surface area contributed by atoms with E-state index < -0.39 is 0 Å². The molecule has 0 aliphatic rings. The first-order chi connectivity index (χ1) is 10.3. The van der Waals surface area contributed by atoms with Gasteiger partial charge in [-0.3, -0.25) is 0 Å². The zero-order valence-corrected chi connectivity index (χ0v) is 11.5. The van der Waals surface area contributed by atoms with E-state index in [1.165, 1.54) is 14.2 Å². The average molecular weight is 284 g/mol. The number of methoxy groups -OCH3 is 2. The minimum absolute atomic E-state index is 0.154. The van der Waals surface area contributed by atoms with Gasteiger partial charge < -0.3 is 14.0 Å². The van der Waals surface area contributed by atoms with Crippen molar-refractivity contribution in [1.29, 1.82) is 0 Å². The van der Waals surface area contributed by atoms with E-state index in [1.54, 1.807) is 6.07 Å². The van der Waals surface area contributed by atoms with Gasteiger partial charge in [0.15, 0.2) is 17.3 Å². The summed E-state index contributed by atoms with van der Waals surface area (Å²) in [6.45, 7) is 0. The summed E-state index contributed by atoms with van der Waals surface area (Å²) in [5.74, 6) is 0.952. The van der Waals surface area contributed by atoms with Crippen molar-refractivity contribution in [2.24, 2.45) is 0 Å². The maximum atomic E-state index is 5.32. The van der Waals surface area contributed by atoms with Crippen LogP contribution in [0, 0.1) is 0 Å². The Morgan fingerprint density at radius 3 is 2.19 bits per heavy atom. The first kappa shape index (κ1) is 13.0. The summed E-state index contributed by atoms with van der Waals surface area (Å²) in [7, 11) is 2.94. The van der Waals surface area contributed by atoms with Gasteiger partial charge in [-0.2, -0.15) is 9.97 Å². The number of ether oxygens (including phenoxy) is 2. The highest BCUT2D eigenvalue weighted by Gasteiger charge is 2.14. The first-order valence-electron chi connectivity index (χ1n) is 6.16. The lowest BCUT2D eigenvalue weighted by Gasteiger charge is -2.02. The summed E-state index contributed by atoms with van der Waals surface area (Å²) in [6.07, 6.45) is 0. The fraction of sp³-hybridized carbons (Fsp3) is 0.143. The molecule has 0 radical (unpaired) electrons. The van der Waals surface area contributed by atoms with E-state index >= 15 is 0 Å². The van der Waals surface area contributed by atoms with Gasteiger partial charge >= 0.3 is 12.0 Å². The summed E-state index contributed by atoms with van der Waals surface area (Å²) >= 11 is 0. The standard InChI is InChI=1S/C14H12N4O3/c1-19-13-15-12(16-14(17-13)20-2)10-8-11(21-18-10)9-6-4-3-5-7-9/h3-8H,1-2H3. The van der Waals surface area contributed by atoms with Gasteiger partial charge in [0.05, 0.1) is 14.2 Å². The molecule has 2 aromatic heterocycles. The molecular formula is C14H12N4O3. The highest BCUT2D eigenvalue weighted by Crippen LogP contribution is 2.25. The van der Waals surface area contributed by atoms with Crippen molar-refractivity contribution < 1.29 is 14.0 Å². The Morgan fingerprint density at radius 2 is 1.57 bits per heavy atom. The zero-order valence-electron chi connectivity index (χ0n) is 11.5. The smallest absolute Gasteiger partial charge is 0.322 e. The molecule has 0 spiro atoms. The molecule has 0 atom stereocenters. The second-order valence-corrected chi connectivity index (χ2v) is 4.07. The Bertz CT molecular complexity index is 721. The lowest BCUT2D eigenvalue weighted by molar-refractivity contribution is 0.340. The fourth-order valence-corrected chi connectivity index (χ4v) is 1.75. The van der Waals surface area contributed by atoms with Crippen LogP contribution in [0.1, 0.15) is 0 Å². The van der Waals surface area contributed by atoms with Crippen LogP contribution in [0.15, 0.2) is 40.9 Å². The van der Waals surface area contributed by atoms with Crippen LogP contribution in [0.4, 0.5) is 0 Å². The van der Waals surface area contributed by atoms with Crippen molar-refractivity contribution in [1.82, 2.24) is 20.1 Å². The van der Waals surface area contributed by atoms with Crippen LogP contribution in [0.2, 0.25) is 0 Å². The maximum Gasteiger partial charge on any atom is 0.322 e. The molecular weight excluding hydrogens is 272 g/mol. The summed E-state index contributed by atoms with van der Waals surface area (Å²) in [5, 5.41) is 3.97. The highest BCUT2D eigenvalue weighted by molar-refractivity contribution is 5.63. The average Bonchev–Trinajstić information content (AvgIpc) is 3.05. The van der Waals surface area contributed by atoms with Gasteiger partial charge in [-0.25, -0.2) is 0 Å². The molecule has 21 heavy (non-hydrogen) atoms. The number of hydrogen-bond donors (Lipinski definition) is 0. The molecule has 0 N–H and O–H groups in total. The summed E-state index contributed by atoms with van der Waals surface area (Å²) in [6, 6.07) is 11.7. The first-order valence-corrected chi connectivity index (χ1v) is 6.16. The Hall–Kier alpha value is -2.96.